The van der Waals surface area contributed by atoms with Crippen LogP contribution in [0.3, 0.4) is 0 Å². The number of halogens is 1. The molecule has 1 fully saturated rings. The number of aromatic nitrogens is 5. The first kappa shape index (κ1) is 18.7. The number of aliphatic hydroxyl groups excluding tert-OH is 1. The van der Waals surface area contributed by atoms with Crippen molar-refractivity contribution in [2.75, 3.05) is 18.5 Å². The maximum absolute atomic E-state index is 14.4. The fourth-order valence-corrected chi connectivity index (χ4v) is 3.13. The average molecular weight is 386 g/mol. The molecule has 0 unspecified atom stereocenters. The first-order chi connectivity index (χ1) is 13.3. The van der Waals surface area contributed by atoms with Crippen molar-refractivity contribution in [3.63, 3.8) is 0 Å². The highest BCUT2D eigenvalue weighted by Gasteiger charge is 2.25. The third kappa shape index (κ3) is 3.55. The zero-order valence-electron chi connectivity index (χ0n) is 16.1. The molecule has 4 rings (SSSR count). The highest BCUT2D eigenvalue weighted by molar-refractivity contribution is 5.66. The van der Waals surface area contributed by atoms with Gasteiger partial charge in [-0.1, -0.05) is 20.8 Å². The van der Waals surface area contributed by atoms with Gasteiger partial charge in [-0.15, -0.1) is 5.10 Å². The molecule has 0 saturated carbocycles. The molecular weight excluding hydrogens is 363 g/mol. The second-order valence-electron chi connectivity index (χ2n) is 7.98. The minimum atomic E-state index is -0.646. The van der Waals surface area contributed by atoms with Crippen molar-refractivity contribution in [3.8, 4) is 11.3 Å². The Bertz CT molecular complexity index is 982. The lowest BCUT2D eigenvalue weighted by Gasteiger charge is -2.28. The van der Waals surface area contributed by atoms with Crippen molar-refractivity contribution in [3.05, 3.63) is 36.3 Å². The van der Waals surface area contributed by atoms with E-state index in [0.29, 0.717) is 36.1 Å². The van der Waals surface area contributed by atoms with Gasteiger partial charge in [0.05, 0.1) is 30.6 Å². The van der Waals surface area contributed by atoms with E-state index in [1.807, 2.05) is 20.8 Å². The van der Waals surface area contributed by atoms with Crippen LogP contribution in [0.5, 0.6) is 0 Å². The van der Waals surface area contributed by atoms with E-state index in [2.05, 4.69) is 25.4 Å². The van der Waals surface area contributed by atoms with E-state index in [0.717, 1.165) is 0 Å². The van der Waals surface area contributed by atoms with Crippen LogP contribution in [-0.2, 0) is 10.2 Å². The Labute approximate surface area is 161 Å². The Hall–Kier alpha value is -2.65. The summed E-state index contributed by atoms with van der Waals surface area (Å²) in [4.78, 5) is 13.0. The van der Waals surface area contributed by atoms with E-state index >= 15 is 0 Å². The Morgan fingerprint density at radius 2 is 1.96 bits per heavy atom. The van der Waals surface area contributed by atoms with E-state index in [-0.39, 0.29) is 23.6 Å². The fourth-order valence-electron chi connectivity index (χ4n) is 3.13. The summed E-state index contributed by atoms with van der Waals surface area (Å²) in [5.41, 5.74) is 1.27. The van der Waals surface area contributed by atoms with Crippen molar-refractivity contribution in [2.45, 2.75) is 44.8 Å². The molecule has 0 bridgehead atoms. The second kappa shape index (κ2) is 7.06. The summed E-state index contributed by atoms with van der Waals surface area (Å²) >= 11 is 0. The van der Waals surface area contributed by atoms with E-state index in [1.165, 1.54) is 16.8 Å². The van der Waals surface area contributed by atoms with Crippen molar-refractivity contribution >= 4 is 11.5 Å². The third-order valence-corrected chi connectivity index (χ3v) is 4.73. The van der Waals surface area contributed by atoms with Gasteiger partial charge in [0.15, 0.2) is 5.82 Å². The van der Waals surface area contributed by atoms with Crippen LogP contribution in [0, 0.1) is 5.82 Å². The number of rotatable bonds is 3. The van der Waals surface area contributed by atoms with E-state index in [4.69, 9.17) is 4.74 Å². The van der Waals surface area contributed by atoms with Crippen molar-refractivity contribution < 1.29 is 14.2 Å². The van der Waals surface area contributed by atoms with E-state index in [9.17, 15) is 9.50 Å². The fraction of sp³-hybridized carbons (Fsp3) is 0.474. The molecule has 8 nitrogen and oxygen atoms in total. The molecule has 148 valence electrons. The van der Waals surface area contributed by atoms with Gasteiger partial charge in [-0.05, 0) is 6.42 Å². The smallest absolute Gasteiger partial charge is 0.241 e. The second-order valence-corrected chi connectivity index (χ2v) is 7.98. The van der Waals surface area contributed by atoms with Gasteiger partial charge in [0.2, 0.25) is 5.95 Å². The van der Waals surface area contributed by atoms with Crippen LogP contribution >= 0.6 is 0 Å². The Morgan fingerprint density at radius 1 is 1.21 bits per heavy atom. The zero-order valence-corrected chi connectivity index (χ0v) is 16.1. The van der Waals surface area contributed by atoms with E-state index in [1.54, 1.807) is 12.4 Å². The molecule has 1 aliphatic rings. The SMILES string of the molecule is CC(C)(C)c1ncc(-c2cc(F)c3cnc(N[C@@H]4CCOC[C@H]4O)nn23)cn1. The molecular formula is C19H23FN6O2. The Kier molecular flexibility index (Phi) is 4.72. The molecule has 1 aliphatic heterocycles. The van der Waals surface area contributed by atoms with E-state index < -0.39 is 11.9 Å². The highest BCUT2D eigenvalue weighted by Crippen LogP contribution is 2.26. The molecule has 9 heteroatoms. The molecule has 0 spiro atoms. The molecule has 0 aromatic carbocycles. The maximum Gasteiger partial charge on any atom is 0.241 e. The molecule has 0 amide bonds. The molecule has 0 aliphatic carbocycles. The van der Waals surface area contributed by atoms with Gasteiger partial charge in [0.1, 0.15) is 11.3 Å². The normalized spacial score (nSPS) is 20.5. The largest absolute Gasteiger partial charge is 0.389 e. The first-order valence-corrected chi connectivity index (χ1v) is 9.22. The quantitative estimate of drug-likeness (QED) is 0.712. The number of hydrogen-bond acceptors (Lipinski definition) is 7. The van der Waals surface area contributed by atoms with Crippen molar-refractivity contribution in [1.29, 1.82) is 0 Å². The Balaban J connectivity index is 1.69. The minimum Gasteiger partial charge on any atom is -0.389 e. The number of nitrogens with one attached hydrogen (secondary N) is 1. The predicted octanol–water partition coefficient (Wildman–Crippen LogP) is 2.18. The van der Waals surface area contributed by atoms with Gasteiger partial charge < -0.3 is 15.2 Å². The van der Waals surface area contributed by atoms with Gasteiger partial charge in [0.25, 0.3) is 0 Å². The zero-order chi connectivity index (χ0) is 19.9. The Morgan fingerprint density at radius 3 is 2.64 bits per heavy atom. The molecule has 0 radical (unpaired) electrons. The molecule has 2 atom stereocenters. The van der Waals surface area contributed by atoms with Crippen LogP contribution in [0.4, 0.5) is 10.3 Å². The lowest BCUT2D eigenvalue weighted by Crippen LogP contribution is -2.42. The van der Waals surface area contributed by atoms with Crippen LogP contribution in [0.25, 0.3) is 16.8 Å². The summed E-state index contributed by atoms with van der Waals surface area (Å²) in [5, 5.41) is 17.6. The number of fused-ring (bicyclic) bond motifs is 1. The number of ether oxygens (including phenoxy) is 1. The summed E-state index contributed by atoms with van der Waals surface area (Å²) in [6, 6.07) is 1.18. The molecule has 1 saturated heterocycles. The van der Waals surface area contributed by atoms with Crippen LogP contribution in [0.2, 0.25) is 0 Å². The molecule has 2 N–H and O–H groups in total. The molecule has 3 aromatic rings. The summed E-state index contributed by atoms with van der Waals surface area (Å²) in [5.74, 6) is 0.596. The summed E-state index contributed by atoms with van der Waals surface area (Å²) < 4.78 is 21.1. The topological polar surface area (TPSA) is 97.5 Å². The van der Waals surface area contributed by atoms with Gasteiger partial charge >= 0.3 is 0 Å². The van der Waals surface area contributed by atoms with Gasteiger partial charge in [0, 0.05) is 36.0 Å². The first-order valence-electron chi connectivity index (χ1n) is 9.22. The van der Waals surface area contributed by atoms with Gasteiger partial charge in [-0.3, -0.25) is 0 Å². The average Bonchev–Trinajstić information content (AvgIpc) is 2.99. The summed E-state index contributed by atoms with van der Waals surface area (Å²) in [6.07, 6.45) is 4.76. The van der Waals surface area contributed by atoms with Crippen molar-refractivity contribution in [2.24, 2.45) is 0 Å². The lowest BCUT2D eigenvalue weighted by molar-refractivity contribution is -0.0136. The third-order valence-electron chi connectivity index (χ3n) is 4.73. The lowest BCUT2D eigenvalue weighted by atomic mass is 9.96. The van der Waals surface area contributed by atoms with Gasteiger partial charge in [-0.25, -0.2) is 23.9 Å². The predicted molar refractivity (Wildman–Crippen MR) is 102 cm³/mol. The maximum atomic E-state index is 14.4. The number of nitrogens with zero attached hydrogens (tertiary/aromatic N) is 5. The standard InChI is InChI=1S/C19H23FN6O2/c1-19(2,3)17-21-7-11(8-22-17)14-6-12(20)15-9-23-18(25-26(14)15)24-13-4-5-28-10-16(13)27/h6-9,13,16,27H,4-5,10H2,1-3H3,(H,24,25)/t13-,16-/m1/s1. The molecule has 4 heterocycles. The van der Waals surface area contributed by atoms with Crippen LogP contribution in [0.15, 0.2) is 24.7 Å². The monoisotopic (exact) mass is 386 g/mol. The number of anilines is 1. The van der Waals surface area contributed by atoms with Crippen LogP contribution < -0.4 is 5.32 Å². The summed E-state index contributed by atoms with van der Waals surface area (Å²) in [7, 11) is 0. The number of aliphatic hydroxyl groups is 1. The highest BCUT2D eigenvalue weighted by atomic mass is 19.1. The molecule has 28 heavy (non-hydrogen) atoms. The minimum absolute atomic E-state index is 0.172. The molecule has 3 aromatic heterocycles. The summed E-state index contributed by atoms with van der Waals surface area (Å²) in [6.45, 7) is 6.91. The van der Waals surface area contributed by atoms with Crippen LogP contribution in [0.1, 0.15) is 33.0 Å². The van der Waals surface area contributed by atoms with Crippen LogP contribution in [-0.4, -0.2) is 55.0 Å². The van der Waals surface area contributed by atoms with Crippen molar-refractivity contribution in [1.82, 2.24) is 24.6 Å². The number of hydrogen-bond donors (Lipinski definition) is 2. The van der Waals surface area contributed by atoms with Gasteiger partial charge in [-0.2, -0.15) is 0 Å².